The van der Waals surface area contributed by atoms with Crippen molar-refractivity contribution < 1.29 is 5.11 Å². The normalized spacial score (nSPS) is 30.4. The van der Waals surface area contributed by atoms with E-state index in [9.17, 15) is 0 Å². The Morgan fingerprint density at radius 3 is 2.75 bits per heavy atom. The van der Waals surface area contributed by atoms with Crippen LogP contribution in [-0.4, -0.2) is 24.3 Å². The van der Waals surface area contributed by atoms with Crippen molar-refractivity contribution in [2.45, 2.75) is 25.3 Å². The second-order valence-corrected chi connectivity index (χ2v) is 2.24. The van der Waals surface area contributed by atoms with Crippen LogP contribution in [-0.2, 0) is 0 Å². The Labute approximate surface area is 49.9 Å². The molecule has 0 bridgehead atoms. The highest BCUT2D eigenvalue weighted by Crippen LogP contribution is 2.06. The van der Waals surface area contributed by atoms with Gasteiger partial charge in [-0.25, -0.2) is 5.32 Å². The fourth-order valence-corrected chi connectivity index (χ4v) is 1.01. The third-order valence-corrected chi connectivity index (χ3v) is 1.54. The minimum atomic E-state index is 0.250. The molecule has 1 radical (unpaired) electrons. The highest BCUT2D eigenvalue weighted by molar-refractivity contribution is 4.69. The molecular weight excluding hydrogens is 102 g/mol. The lowest BCUT2D eigenvalue weighted by Gasteiger charge is -2.18. The van der Waals surface area contributed by atoms with Crippen LogP contribution in [0.3, 0.4) is 0 Å². The van der Waals surface area contributed by atoms with Crippen molar-refractivity contribution in [1.82, 2.24) is 5.32 Å². The molecule has 8 heavy (non-hydrogen) atoms. The summed E-state index contributed by atoms with van der Waals surface area (Å²) in [5, 5.41) is 12.8. The standard InChI is InChI=1S/C6H12NO/c8-5-6-3-1-2-4-7-6/h6,8H,1-5H2/t6-/m1/s1. The minimum absolute atomic E-state index is 0.250. The molecule has 47 valence electrons. The highest BCUT2D eigenvalue weighted by Gasteiger charge is 2.10. The predicted molar refractivity (Wildman–Crippen MR) is 31.7 cm³/mol. The van der Waals surface area contributed by atoms with Gasteiger partial charge in [0.15, 0.2) is 0 Å². The number of hydrogen-bond donors (Lipinski definition) is 1. The molecule has 1 atom stereocenters. The largest absolute Gasteiger partial charge is 0.395 e. The number of hydrogen-bond acceptors (Lipinski definition) is 1. The number of aliphatic hydroxyl groups is 1. The molecule has 0 spiro atoms. The summed E-state index contributed by atoms with van der Waals surface area (Å²) in [5.41, 5.74) is 0. The topological polar surface area (TPSA) is 34.3 Å². The van der Waals surface area contributed by atoms with Gasteiger partial charge < -0.3 is 5.11 Å². The average molecular weight is 114 g/mol. The first-order valence-electron chi connectivity index (χ1n) is 3.21. The molecule has 0 aromatic rings. The molecule has 1 aliphatic heterocycles. The summed E-state index contributed by atoms with van der Waals surface area (Å²) in [6, 6.07) is 0.267. The summed E-state index contributed by atoms with van der Waals surface area (Å²) in [7, 11) is 0. The van der Waals surface area contributed by atoms with Crippen LogP contribution in [0.4, 0.5) is 0 Å². The van der Waals surface area contributed by atoms with Crippen molar-refractivity contribution in [1.29, 1.82) is 0 Å². The summed E-state index contributed by atoms with van der Waals surface area (Å²) in [6.07, 6.45) is 3.56. The molecule has 1 rings (SSSR count). The summed E-state index contributed by atoms with van der Waals surface area (Å²) in [6.45, 7) is 1.21. The molecule has 2 heteroatoms. The van der Waals surface area contributed by atoms with E-state index >= 15 is 0 Å². The quantitative estimate of drug-likeness (QED) is 0.517. The molecule has 0 saturated carbocycles. The number of piperidine rings is 1. The van der Waals surface area contributed by atoms with Gasteiger partial charge in [0.05, 0.1) is 6.61 Å². The Morgan fingerprint density at radius 1 is 1.50 bits per heavy atom. The van der Waals surface area contributed by atoms with Crippen molar-refractivity contribution >= 4 is 0 Å². The molecule has 0 unspecified atom stereocenters. The predicted octanol–water partition coefficient (Wildman–Crippen LogP) is 0.136. The fraction of sp³-hybridized carbons (Fsp3) is 1.00. The number of aliphatic hydroxyl groups excluding tert-OH is 1. The van der Waals surface area contributed by atoms with Gasteiger partial charge in [-0.15, -0.1) is 0 Å². The zero-order valence-corrected chi connectivity index (χ0v) is 5.01. The van der Waals surface area contributed by atoms with Gasteiger partial charge >= 0.3 is 0 Å². The van der Waals surface area contributed by atoms with Gasteiger partial charge in [-0.3, -0.25) is 0 Å². The first-order chi connectivity index (χ1) is 3.93. The van der Waals surface area contributed by atoms with E-state index in [1.54, 1.807) is 0 Å². The van der Waals surface area contributed by atoms with Gasteiger partial charge in [0, 0.05) is 12.6 Å². The van der Waals surface area contributed by atoms with Crippen LogP contribution < -0.4 is 5.32 Å². The van der Waals surface area contributed by atoms with Crippen molar-refractivity contribution in [3.63, 3.8) is 0 Å². The van der Waals surface area contributed by atoms with Crippen molar-refractivity contribution in [3.05, 3.63) is 0 Å². The molecule has 0 aliphatic carbocycles. The van der Waals surface area contributed by atoms with E-state index in [-0.39, 0.29) is 12.6 Å². The Hall–Kier alpha value is -0.0800. The Bertz CT molecular complexity index is 59.5. The van der Waals surface area contributed by atoms with Gasteiger partial charge in [0.1, 0.15) is 0 Å². The lowest BCUT2D eigenvalue weighted by molar-refractivity contribution is 0.217. The fourth-order valence-electron chi connectivity index (χ4n) is 1.01. The first-order valence-corrected chi connectivity index (χ1v) is 3.21. The summed E-state index contributed by atoms with van der Waals surface area (Å²) in [4.78, 5) is 0. The molecule has 2 nitrogen and oxygen atoms in total. The van der Waals surface area contributed by atoms with Crippen molar-refractivity contribution in [3.8, 4) is 0 Å². The Kier molecular flexibility index (Phi) is 2.30. The van der Waals surface area contributed by atoms with Crippen LogP contribution in [0.15, 0.2) is 0 Å². The van der Waals surface area contributed by atoms with E-state index in [1.807, 2.05) is 0 Å². The van der Waals surface area contributed by atoms with Gasteiger partial charge in [0.2, 0.25) is 0 Å². The maximum absolute atomic E-state index is 8.60. The lowest BCUT2D eigenvalue weighted by atomic mass is 10.1. The molecule has 0 amide bonds. The molecule has 0 aromatic heterocycles. The number of rotatable bonds is 1. The second kappa shape index (κ2) is 3.05. The van der Waals surface area contributed by atoms with Crippen LogP contribution in [0.5, 0.6) is 0 Å². The minimum Gasteiger partial charge on any atom is -0.395 e. The van der Waals surface area contributed by atoms with E-state index in [0.29, 0.717) is 0 Å². The maximum atomic E-state index is 8.60. The number of nitrogens with zero attached hydrogens (tertiary/aromatic N) is 1. The molecule has 1 N–H and O–H groups in total. The average Bonchev–Trinajstić information content (AvgIpc) is 1.90. The molecular formula is C6H12NO. The van der Waals surface area contributed by atoms with Crippen LogP contribution >= 0.6 is 0 Å². The van der Waals surface area contributed by atoms with E-state index in [4.69, 9.17) is 5.11 Å². The van der Waals surface area contributed by atoms with Crippen LogP contribution in [0.2, 0.25) is 0 Å². The van der Waals surface area contributed by atoms with Crippen LogP contribution in [0.25, 0.3) is 0 Å². The summed E-state index contributed by atoms with van der Waals surface area (Å²) < 4.78 is 0. The molecule has 0 aromatic carbocycles. The van der Waals surface area contributed by atoms with Crippen LogP contribution in [0, 0.1) is 0 Å². The highest BCUT2D eigenvalue weighted by atomic mass is 16.3. The van der Waals surface area contributed by atoms with Crippen LogP contribution in [0.1, 0.15) is 19.3 Å². The Morgan fingerprint density at radius 2 is 2.38 bits per heavy atom. The summed E-state index contributed by atoms with van der Waals surface area (Å²) >= 11 is 0. The monoisotopic (exact) mass is 114 g/mol. The first kappa shape index (κ1) is 6.05. The van der Waals surface area contributed by atoms with E-state index in [1.165, 1.54) is 12.8 Å². The van der Waals surface area contributed by atoms with Crippen molar-refractivity contribution in [2.24, 2.45) is 0 Å². The zero-order valence-electron chi connectivity index (χ0n) is 5.01. The van der Waals surface area contributed by atoms with Crippen molar-refractivity contribution in [2.75, 3.05) is 13.2 Å². The Balaban J connectivity index is 2.13. The van der Waals surface area contributed by atoms with Gasteiger partial charge in [-0.05, 0) is 12.8 Å². The molecule has 1 saturated heterocycles. The zero-order chi connectivity index (χ0) is 5.82. The van der Waals surface area contributed by atoms with E-state index in [0.717, 1.165) is 13.0 Å². The van der Waals surface area contributed by atoms with E-state index < -0.39 is 0 Å². The lowest BCUT2D eigenvalue weighted by Crippen LogP contribution is -2.30. The SMILES string of the molecule is OC[C@H]1CCCC[N]1. The smallest absolute Gasteiger partial charge is 0.0600 e. The maximum Gasteiger partial charge on any atom is 0.0600 e. The molecule has 1 aliphatic rings. The second-order valence-electron chi connectivity index (χ2n) is 2.24. The van der Waals surface area contributed by atoms with Gasteiger partial charge in [-0.1, -0.05) is 6.42 Å². The third-order valence-electron chi connectivity index (χ3n) is 1.54. The molecule has 1 fully saturated rings. The third kappa shape index (κ3) is 1.46. The van der Waals surface area contributed by atoms with Gasteiger partial charge in [-0.2, -0.15) is 0 Å². The summed E-state index contributed by atoms with van der Waals surface area (Å²) in [5.74, 6) is 0. The van der Waals surface area contributed by atoms with E-state index in [2.05, 4.69) is 5.32 Å². The molecule has 1 heterocycles. The van der Waals surface area contributed by atoms with Gasteiger partial charge in [0.25, 0.3) is 0 Å².